The van der Waals surface area contributed by atoms with Crippen molar-refractivity contribution in [3.05, 3.63) is 0 Å². The third-order valence-electron chi connectivity index (χ3n) is 3.61. The smallest absolute Gasteiger partial charge is 0.227 e. The highest BCUT2D eigenvalue weighted by Gasteiger charge is 2.44. The largest absolute Gasteiger partial charge is 0.351 e. The summed E-state index contributed by atoms with van der Waals surface area (Å²) in [7, 11) is 0. The van der Waals surface area contributed by atoms with Crippen molar-refractivity contribution in [1.29, 1.82) is 0 Å². The summed E-state index contributed by atoms with van der Waals surface area (Å²) in [4.78, 5) is 12.3. The predicted octanol–water partition coefficient (Wildman–Crippen LogP) is 2.45. The Bertz CT molecular complexity index is 280. The fourth-order valence-corrected chi connectivity index (χ4v) is 2.94. The molecule has 100 valence electrons. The zero-order valence-electron chi connectivity index (χ0n) is 12.0. The monoisotopic (exact) mass is 240 g/mol. The lowest BCUT2D eigenvalue weighted by atomic mass is 9.67. The molecule has 0 aromatic rings. The third-order valence-corrected chi connectivity index (χ3v) is 3.61. The number of carbonyl (C=O) groups is 1. The molecule has 1 aliphatic rings. The number of hydrogen-bond donors (Lipinski definition) is 2. The molecule has 0 aromatic heterocycles. The van der Waals surface area contributed by atoms with Crippen molar-refractivity contribution in [2.45, 2.75) is 65.8 Å². The molecule has 3 heteroatoms. The van der Waals surface area contributed by atoms with E-state index in [1.54, 1.807) is 0 Å². The quantitative estimate of drug-likeness (QED) is 0.793. The first kappa shape index (κ1) is 14.5. The van der Waals surface area contributed by atoms with E-state index in [4.69, 9.17) is 5.73 Å². The summed E-state index contributed by atoms with van der Waals surface area (Å²) in [5.74, 6) is 0.153. The highest BCUT2D eigenvalue weighted by Crippen LogP contribution is 2.40. The van der Waals surface area contributed by atoms with Crippen LogP contribution < -0.4 is 11.1 Å². The van der Waals surface area contributed by atoms with Crippen LogP contribution in [0.5, 0.6) is 0 Å². The lowest BCUT2D eigenvalue weighted by Crippen LogP contribution is -2.56. The summed E-state index contributed by atoms with van der Waals surface area (Å²) in [5.41, 5.74) is 5.54. The maximum Gasteiger partial charge on any atom is 0.227 e. The molecule has 0 unspecified atom stereocenters. The van der Waals surface area contributed by atoms with Gasteiger partial charge in [-0.2, -0.15) is 0 Å². The van der Waals surface area contributed by atoms with Gasteiger partial charge in [-0.15, -0.1) is 0 Å². The lowest BCUT2D eigenvalue weighted by molar-refractivity contribution is -0.137. The average Bonchev–Trinajstić information content (AvgIpc) is 1.95. The summed E-state index contributed by atoms with van der Waals surface area (Å²) in [5, 5.41) is 3.19. The van der Waals surface area contributed by atoms with E-state index >= 15 is 0 Å². The first-order chi connectivity index (χ1) is 7.60. The zero-order valence-corrected chi connectivity index (χ0v) is 12.0. The van der Waals surface area contributed by atoms with Gasteiger partial charge in [0.25, 0.3) is 0 Å². The second-order valence-electron chi connectivity index (χ2n) is 7.41. The molecule has 17 heavy (non-hydrogen) atoms. The van der Waals surface area contributed by atoms with E-state index in [-0.39, 0.29) is 22.3 Å². The number of nitrogens with two attached hydrogens (primary N) is 1. The molecule has 0 saturated heterocycles. The molecule has 1 fully saturated rings. The van der Waals surface area contributed by atoms with E-state index in [1.165, 1.54) is 0 Å². The highest BCUT2D eigenvalue weighted by molar-refractivity contribution is 5.84. The van der Waals surface area contributed by atoms with Crippen molar-refractivity contribution < 1.29 is 4.79 Å². The van der Waals surface area contributed by atoms with Crippen LogP contribution in [0.1, 0.15) is 60.3 Å². The van der Waals surface area contributed by atoms with Crippen molar-refractivity contribution in [3.63, 3.8) is 0 Å². The minimum atomic E-state index is -0.269. The fraction of sp³-hybridized carbons (Fsp3) is 0.929. The normalized spacial score (nSPS) is 19.6. The first-order valence-corrected chi connectivity index (χ1v) is 6.63. The molecule has 0 heterocycles. The van der Waals surface area contributed by atoms with Crippen LogP contribution in [-0.4, -0.2) is 18.0 Å². The van der Waals surface area contributed by atoms with Gasteiger partial charge in [0.15, 0.2) is 0 Å². The molecule has 0 radical (unpaired) electrons. The van der Waals surface area contributed by atoms with Crippen LogP contribution in [0.25, 0.3) is 0 Å². The van der Waals surface area contributed by atoms with Gasteiger partial charge >= 0.3 is 0 Å². The van der Waals surface area contributed by atoms with Crippen LogP contribution in [0.15, 0.2) is 0 Å². The molecule has 0 spiro atoms. The topological polar surface area (TPSA) is 55.1 Å². The van der Waals surface area contributed by atoms with Gasteiger partial charge in [-0.05, 0) is 38.5 Å². The van der Waals surface area contributed by atoms with E-state index in [2.05, 4.69) is 39.9 Å². The second-order valence-corrected chi connectivity index (χ2v) is 7.41. The first-order valence-electron chi connectivity index (χ1n) is 6.63. The van der Waals surface area contributed by atoms with Gasteiger partial charge < -0.3 is 11.1 Å². The maximum absolute atomic E-state index is 12.3. The predicted molar refractivity (Wildman–Crippen MR) is 71.6 cm³/mol. The Balaban J connectivity index is 2.61. The van der Waals surface area contributed by atoms with E-state index in [1.807, 2.05) is 0 Å². The Kier molecular flexibility index (Phi) is 3.92. The van der Waals surface area contributed by atoms with E-state index < -0.39 is 0 Å². The van der Waals surface area contributed by atoms with Crippen LogP contribution in [0, 0.1) is 10.8 Å². The van der Waals surface area contributed by atoms with Crippen LogP contribution in [0.3, 0.4) is 0 Å². The van der Waals surface area contributed by atoms with Crippen molar-refractivity contribution in [3.8, 4) is 0 Å². The molecule has 3 nitrogen and oxygen atoms in total. The number of rotatable bonds is 4. The molecule has 0 bridgehead atoms. The molecule has 1 aliphatic carbocycles. The number of hydrogen-bond acceptors (Lipinski definition) is 2. The van der Waals surface area contributed by atoms with Gasteiger partial charge in [-0.3, -0.25) is 4.79 Å². The summed E-state index contributed by atoms with van der Waals surface area (Å²) < 4.78 is 0. The second kappa shape index (κ2) is 4.60. The standard InChI is InChI=1S/C14H28N2O/c1-12(2,3)9-13(4,5)16-11(17)14(10-15)7-6-8-14/h6-10,15H2,1-5H3,(H,16,17). The Morgan fingerprint density at radius 1 is 1.24 bits per heavy atom. The van der Waals surface area contributed by atoms with Crippen LogP contribution in [0.4, 0.5) is 0 Å². The fourth-order valence-electron chi connectivity index (χ4n) is 2.94. The van der Waals surface area contributed by atoms with Gasteiger partial charge in [-0.1, -0.05) is 27.2 Å². The Morgan fingerprint density at radius 2 is 1.76 bits per heavy atom. The molecule has 0 atom stereocenters. The number of nitrogens with one attached hydrogen (secondary N) is 1. The molecular formula is C14H28N2O. The Morgan fingerprint density at radius 3 is 2.06 bits per heavy atom. The van der Waals surface area contributed by atoms with Gasteiger partial charge in [-0.25, -0.2) is 0 Å². The zero-order chi connectivity index (χ0) is 13.3. The van der Waals surface area contributed by atoms with Gasteiger partial charge in [0.05, 0.1) is 5.41 Å². The molecule has 1 amide bonds. The van der Waals surface area contributed by atoms with E-state index in [0.717, 1.165) is 25.7 Å². The van der Waals surface area contributed by atoms with Gasteiger partial charge in [0.2, 0.25) is 5.91 Å². The Hall–Kier alpha value is -0.570. The van der Waals surface area contributed by atoms with Crippen molar-refractivity contribution >= 4 is 5.91 Å². The molecule has 0 aromatic carbocycles. The lowest BCUT2D eigenvalue weighted by Gasteiger charge is -2.43. The average molecular weight is 240 g/mol. The van der Waals surface area contributed by atoms with Crippen molar-refractivity contribution in [2.24, 2.45) is 16.6 Å². The maximum atomic E-state index is 12.3. The SMILES string of the molecule is CC(C)(C)CC(C)(C)NC(=O)C1(CN)CCC1. The third kappa shape index (κ3) is 3.70. The summed E-state index contributed by atoms with van der Waals surface area (Å²) >= 11 is 0. The summed E-state index contributed by atoms with van der Waals surface area (Å²) in [6, 6.07) is 0. The number of amides is 1. The molecule has 1 saturated carbocycles. The summed E-state index contributed by atoms with van der Waals surface area (Å²) in [6.07, 6.45) is 3.98. The van der Waals surface area contributed by atoms with Crippen molar-refractivity contribution in [2.75, 3.05) is 6.54 Å². The highest BCUT2D eigenvalue weighted by atomic mass is 16.2. The summed E-state index contributed by atoms with van der Waals surface area (Å²) in [6.45, 7) is 11.3. The molecule has 1 rings (SSSR count). The minimum absolute atomic E-state index is 0.153. The van der Waals surface area contributed by atoms with Crippen LogP contribution in [0.2, 0.25) is 0 Å². The van der Waals surface area contributed by atoms with Crippen LogP contribution in [-0.2, 0) is 4.79 Å². The van der Waals surface area contributed by atoms with E-state index in [0.29, 0.717) is 6.54 Å². The van der Waals surface area contributed by atoms with E-state index in [9.17, 15) is 4.79 Å². The molecule has 0 aliphatic heterocycles. The van der Waals surface area contributed by atoms with Gasteiger partial charge in [0.1, 0.15) is 0 Å². The van der Waals surface area contributed by atoms with Gasteiger partial charge in [0, 0.05) is 12.1 Å². The Labute approximate surface area is 106 Å². The minimum Gasteiger partial charge on any atom is -0.351 e. The van der Waals surface area contributed by atoms with Crippen molar-refractivity contribution in [1.82, 2.24) is 5.32 Å². The molecular weight excluding hydrogens is 212 g/mol. The molecule has 3 N–H and O–H groups in total. The number of carbonyl (C=O) groups excluding carboxylic acids is 1. The van der Waals surface area contributed by atoms with Crippen LogP contribution >= 0.6 is 0 Å².